The molecule has 0 fully saturated rings. The van der Waals surface area contributed by atoms with Crippen LogP contribution in [0.3, 0.4) is 0 Å². The normalized spacial score (nSPS) is 14.0. The van der Waals surface area contributed by atoms with Gasteiger partial charge in [0, 0.05) is 18.1 Å². The van der Waals surface area contributed by atoms with Crippen LogP contribution in [0.1, 0.15) is 24.9 Å². The molecule has 2 atom stereocenters. The highest BCUT2D eigenvalue weighted by molar-refractivity contribution is 9.10. The van der Waals surface area contributed by atoms with Gasteiger partial charge in [-0.1, -0.05) is 28.1 Å². The van der Waals surface area contributed by atoms with Gasteiger partial charge in [-0.25, -0.2) is 0 Å². The van der Waals surface area contributed by atoms with E-state index in [0.29, 0.717) is 6.54 Å². The second-order valence-electron chi connectivity index (χ2n) is 4.14. The van der Waals surface area contributed by atoms with Crippen molar-refractivity contribution in [2.75, 3.05) is 13.7 Å². The maximum Gasteiger partial charge on any atom is 0.223 e. The van der Waals surface area contributed by atoms with E-state index in [9.17, 15) is 4.79 Å². The Hall–Kier alpha value is -0.910. The fourth-order valence-corrected chi connectivity index (χ4v) is 2.05. The van der Waals surface area contributed by atoms with Crippen LogP contribution in [0.5, 0.6) is 0 Å². The van der Waals surface area contributed by atoms with Gasteiger partial charge in [0.1, 0.15) is 0 Å². The van der Waals surface area contributed by atoms with Crippen molar-refractivity contribution < 1.29 is 9.53 Å². The van der Waals surface area contributed by atoms with Crippen molar-refractivity contribution >= 4 is 21.8 Å². The van der Waals surface area contributed by atoms with Crippen LogP contribution < -0.4 is 11.1 Å². The van der Waals surface area contributed by atoms with Gasteiger partial charge in [-0.05, 0) is 24.6 Å². The van der Waals surface area contributed by atoms with Crippen LogP contribution in [0.15, 0.2) is 28.7 Å². The first-order valence-electron chi connectivity index (χ1n) is 5.84. The number of hydrogen-bond acceptors (Lipinski definition) is 3. The number of hydrogen-bond donors (Lipinski definition) is 2. The molecule has 18 heavy (non-hydrogen) atoms. The number of ether oxygens (including phenoxy) is 1. The quantitative estimate of drug-likeness (QED) is 0.844. The SMILES string of the molecule is COC(CN)CC(=O)N[C@@H](C)c1cccc(Br)c1. The molecule has 0 aliphatic rings. The van der Waals surface area contributed by atoms with E-state index >= 15 is 0 Å². The minimum Gasteiger partial charge on any atom is -0.380 e. The lowest BCUT2D eigenvalue weighted by Crippen LogP contribution is -2.33. The van der Waals surface area contributed by atoms with Gasteiger partial charge in [0.05, 0.1) is 18.6 Å². The van der Waals surface area contributed by atoms with Crippen molar-refractivity contribution in [2.45, 2.75) is 25.5 Å². The molecule has 4 nitrogen and oxygen atoms in total. The van der Waals surface area contributed by atoms with E-state index in [4.69, 9.17) is 10.5 Å². The molecule has 0 saturated heterocycles. The highest BCUT2D eigenvalue weighted by Crippen LogP contribution is 2.17. The molecule has 0 heterocycles. The lowest BCUT2D eigenvalue weighted by molar-refractivity contribution is -0.124. The molecule has 0 bridgehead atoms. The Morgan fingerprint density at radius 1 is 1.56 bits per heavy atom. The van der Waals surface area contributed by atoms with Crippen molar-refractivity contribution in [2.24, 2.45) is 5.73 Å². The zero-order chi connectivity index (χ0) is 13.5. The molecule has 1 rings (SSSR count). The minimum atomic E-state index is -0.222. The van der Waals surface area contributed by atoms with E-state index < -0.39 is 0 Å². The third kappa shape index (κ3) is 4.76. The van der Waals surface area contributed by atoms with E-state index in [1.165, 1.54) is 0 Å². The van der Waals surface area contributed by atoms with Crippen LogP contribution in [0.4, 0.5) is 0 Å². The van der Waals surface area contributed by atoms with Gasteiger partial charge in [-0.2, -0.15) is 0 Å². The molecule has 0 saturated carbocycles. The summed E-state index contributed by atoms with van der Waals surface area (Å²) < 4.78 is 6.08. The number of halogens is 1. The zero-order valence-corrected chi connectivity index (χ0v) is 12.2. The van der Waals surface area contributed by atoms with Crippen LogP contribution in [-0.2, 0) is 9.53 Å². The lowest BCUT2D eigenvalue weighted by Gasteiger charge is -2.17. The number of nitrogens with one attached hydrogen (secondary N) is 1. The molecule has 0 aromatic heterocycles. The molecular weight excluding hydrogens is 296 g/mol. The predicted molar refractivity (Wildman–Crippen MR) is 75.2 cm³/mol. The molecule has 0 aliphatic carbocycles. The first-order chi connectivity index (χ1) is 8.56. The molecule has 0 spiro atoms. The Kier molecular flexibility index (Phi) is 6.32. The van der Waals surface area contributed by atoms with Gasteiger partial charge in [0.15, 0.2) is 0 Å². The zero-order valence-electron chi connectivity index (χ0n) is 10.7. The van der Waals surface area contributed by atoms with E-state index in [1.807, 2.05) is 31.2 Å². The number of carbonyl (C=O) groups excluding carboxylic acids is 1. The van der Waals surface area contributed by atoms with Crippen molar-refractivity contribution in [3.05, 3.63) is 34.3 Å². The summed E-state index contributed by atoms with van der Waals surface area (Å²) >= 11 is 3.41. The smallest absolute Gasteiger partial charge is 0.223 e. The van der Waals surface area contributed by atoms with Gasteiger partial charge in [0.25, 0.3) is 0 Å². The summed E-state index contributed by atoms with van der Waals surface area (Å²) in [7, 11) is 1.56. The number of amides is 1. The third-order valence-corrected chi connectivity index (χ3v) is 3.23. The first kappa shape index (κ1) is 15.1. The van der Waals surface area contributed by atoms with Crippen molar-refractivity contribution in [3.8, 4) is 0 Å². The predicted octanol–water partition coefficient (Wildman–Crippen LogP) is 1.99. The Balaban J connectivity index is 2.54. The fourth-order valence-electron chi connectivity index (χ4n) is 1.63. The average Bonchev–Trinajstić information content (AvgIpc) is 2.35. The summed E-state index contributed by atoms with van der Waals surface area (Å²) in [5.41, 5.74) is 6.54. The van der Waals surface area contributed by atoms with Crippen molar-refractivity contribution in [1.82, 2.24) is 5.32 Å². The second kappa shape index (κ2) is 7.51. The van der Waals surface area contributed by atoms with Gasteiger partial charge >= 0.3 is 0 Å². The van der Waals surface area contributed by atoms with Crippen LogP contribution in [0, 0.1) is 0 Å². The maximum absolute atomic E-state index is 11.8. The summed E-state index contributed by atoms with van der Waals surface area (Å²) in [4.78, 5) is 11.8. The highest BCUT2D eigenvalue weighted by Gasteiger charge is 2.14. The summed E-state index contributed by atoms with van der Waals surface area (Å²) in [5, 5.41) is 2.93. The summed E-state index contributed by atoms with van der Waals surface area (Å²) in [6.45, 7) is 2.29. The lowest BCUT2D eigenvalue weighted by atomic mass is 10.1. The topological polar surface area (TPSA) is 64.3 Å². The molecule has 1 amide bonds. The van der Waals surface area contributed by atoms with Gasteiger partial charge in [0.2, 0.25) is 5.91 Å². The van der Waals surface area contributed by atoms with Crippen LogP contribution in [-0.4, -0.2) is 25.7 Å². The molecule has 100 valence electrons. The molecule has 0 aliphatic heterocycles. The number of rotatable bonds is 6. The van der Waals surface area contributed by atoms with Gasteiger partial charge in [-0.15, -0.1) is 0 Å². The molecule has 1 aromatic carbocycles. The van der Waals surface area contributed by atoms with Crippen LogP contribution in [0.2, 0.25) is 0 Å². The molecule has 1 aromatic rings. The fraction of sp³-hybridized carbons (Fsp3) is 0.462. The number of carbonyl (C=O) groups is 1. The minimum absolute atomic E-state index is 0.0368. The second-order valence-corrected chi connectivity index (χ2v) is 5.06. The monoisotopic (exact) mass is 314 g/mol. The Bertz CT molecular complexity index is 394. The van der Waals surface area contributed by atoms with Crippen LogP contribution in [0.25, 0.3) is 0 Å². The highest BCUT2D eigenvalue weighted by atomic mass is 79.9. The first-order valence-corrected chi connectivity index (χ1v) is 6.63. The van der Waals surface area contributed by atoms with Gasteiger partial charge in [-0.3, -0.25) is 4.79 Å². The molecule has 0 radical (unpaired) electrons. The Labute approximate surface area is 116 Å². The number of nitrogens with two attached hydrogens (primary N) is 1. The van der Waals surface area contributed by atoms with Crippen LogP contribution >= 0.6 is 15.9 Å². The largest absolute Gasteiger partial charge is 0.380 e. The van der Waals surface area contributed by atoms with E-state index in [1.54, 1.807) is 7.11 Å². The average molecular weight is 315 g/mol. The Morgan fingerprint density at radius 3 is 2.83 bits per heavy atom. The summed E-state index contributed by atoms with van der Waals surface area (Å²) in [5.74, 6) is -0.0558. The van der Waals surface area contributed by atoms with E-state index in [2.05, 4.69) is 21.2 Å². The Morgan fingerprint density at radius 2 is 2.28 bits per heavy atom. The number of methoxy groups -OCH3 is 1. The van der Waals surface area contributed by atoms with Crippen molar-refractivity contribution in [1.29, 1.82) is 0 Å². The van der Waals surface area contributed by atoms with E-state index in [-0.39, 0.29) is 24.5 Å². The molecule has 3 N–H and O–H groups in total. The number of benzene rings is 1. The molecule has 5 heteroatoms. The standard InChI is InChI=1S/C13H19BrN2O2/c1-9(10-4-3-5-11(14)6-10)16-13(17)7-12(8-15)18-2/h3-6,9,12H,7-8,15H2,1-2H3,(H,16,17)/t9-,12?/m0/s1. The van der Waals surface area contributed by atoms with Crippen molar-refractivity contribution in [3.63, 3.8) is 0 Å². The van der Waals surface area contributed by atoms with E-state index in [0.717, 1.165) is 10.0 Å². The summed E-state index contributed by atoms with van der Waals surface area (Å²) in [6, 6.07) is 7.83. The molecular formula is C13H19BrN2O2. The third-order valence-electron chi connectivity index (χ3n) is 2.74. The molecule has 1 unspecified atom stereocenters. The maximum atomic E-state index is 11.8. The van der Waals surface area contributed by atoms with Gasteiger partial charge < -0.3 is 15.8 Å². The summed E-state index contributed by atoms with van der Waals surface area (Å²) in [6.07, 6.45) is 0.0606.